The lowest BCUT2D eigenvalue weighted by molar-refractivity contribution is 0.198. The number of pyridine rings is 2. The number of carbonyl (C=O) groups is 1. The average Bonchev–Trinajstić information content (AvgIpc) is 3.68. The zero-order valence-corrected chi connectivity index (χ0v) is 19.7. The van der Waals surface area contributed by atoms with E-state index >= 15 is 0 Å². The molecule has 5 rings (SSSR count). The van der Waals surface area contributed by atoms with Crippen molar-refractivity contribution >= 4 is 17.8 Å². The number of carbonyl (C=O) groups excluding carboxylic acids is 1. The van der Waals surface area contributed by atoms with E-state index in [0.29, 0.717) is 19.0 Å². The van der Waals surface area contributed by atoms with Crippen LogP contribution in [0.4, 0.5) is 10.5 Å². The second-order valence-electron chi connectivity index (χ2n) is 9.30. The molecule has 1 saturated carbocycles. The molecule has 0 spiro atoms. The molecular weight excluding hydrogens is 424 g/mol. The van der Waals surface area contributed by atoms with Gasteiger partial charge in [0, 0.05) is 30.4 Å². The fourth-order valence-electron chi connectivity index (χ4n) is 4.28. The van der Waals surface area contributed by atoms with Crippen molar-refractivity contribution in [2.24, 2.45) is 5.92 Å². The van der Waals surface area contributed by atoms with Crippen LogP contribution in [-0.2, 0) is 0 Å². The number of likely N-dealkylation sites (tertiary alicyclic amines) is 1. The molecule has 6 heteroatoms. The molecule has 2 aliphatic rings. The topological polar surface area (TPSA) is 67.4 Å². The first-order chi connectivity index (χ1) is 16.5. The van der Waals surface area contributed by atoms with Crippen LogP contribution in [0.25, 0.3) is 6.08 Å². The van der Waals surface area contributed by atoms with Crippen molar-refractivity contribution in [1.82, 2.24) is 14.9 Å². The number of piperidine rings is 1. The monoisotopic (exact) mass is 454 g/mol. The fraction of sp³-hybridized carbons (Fsp3) is 0.321. The first-order valence-corrected chi connectivity index (χ1v) is 12.0. The highest BCUT2D eigenvalue weighted by atomic mass is 16.5. The van der Waals surface area contributed by atoms with Gasteiger partial charge in [0.05, 0.1) is 18.1 Å². The van der Waals surface area contributed by atoms with Gasteiger partial charge < -0.3 is 15.0 Å². The van der Waals surface area contributed by atoms with Crippen LogP contribution in [0.1, 0.15) is 49.1 Å². The van der Waals surface area contributed by atoms with E-state index in [-0.39, 0.29) is 11.9 Å². The highest BCUT2D eigenvalue weighted by Gasteiger charge is 2.25. The summed E-state index contributed by atoms with van der Waals surface area (Å²) >= 11 is 0. The van der Waals surface area contributed by atoms with E-state index in [9.17, 15) is 4.79 Å². The second-order valence-corrected chi connectivity index (χ2v) is 9.30. The number of benzene rings is 1. The summed E-state index contributed by atoms with van der Waals surface area (Å²) in [6.45, 7) is 5.48. The lowest BCUT2D eigenvalue weighted by Gasteiger charge is -2.33. The Bertz CT molecular complexity index is 1180. The number of amides is 2. The molecule has 2 amide bonds. The van der Waals surface area contributed by atoms with E-state index in [1.54, 1.807) is 6.20 Å². The number of anilines is 1. The Kier molecular flexibility index (Phi) is 6.30. The standard InChI is InChI=1S/C28H30N4O2/c1-19-18-32(28(33)31-24-9-6-20(2)29-16-24)13-12-23(19)14-21-4-3-5-25(15-21)34-26-10-11-27(30-17-26)22-7-8-22/h3-6,9-11,14-17,19,22H,7-8,12-13,18H2,1-2H3,(H,31,33). The largest absolute Gasteiger partial charge is 0.456 e. The molecule has 2 fully saturated rings. The quantitative estimate of drug-likeness (QED) is 0.484. The van der Waals surface area contributed by atoms with Crippen LogP contribution in [0.3, 0.4) is 0 Å². The summed E-state index contributed by atoms with van der Waals surface area (Å²) in [5, 5.41) is 2.95. The Morgan fingerprint density at radius 1 is 1.09 bits per heavy atom. The zero-order chi connectivity index (χ0) is 23.5. The van der Waals surface area contributed by atoms with Crippen molar-refractivity contribution < 1.29 is 9.53 Å². The van der Waals surface area contributed by atoms with Gasteiger partial charge in [0.1, 0.15) is 11.5 Å². The van der Waals surface area contributed by atoms with Crippen molar-refractivity contribution in [3.05, 3.63) is 83.4 Å². The smallest absolute Gasteiger partial charge is 0.321 e. The summed E-state index contributed by atoms with van der Waals surface area (Å²) in [6.07, 6.45) is 9.07. The van der Waals surface area contributed by atoms with Gasteiger partial charge in [-0.3, -0.25) is 9.97 Å². The summed E-state index contributed by atoms with van der Waals surface area (Å²) in [4.78, 5) is 23.3. The summed E-state index contributed by atoms with van der Waals surface area (Å²) in [5.41, 5.74) is 5.25. The third-order valence-corrected chi connectivity index (χ3v) is 6.45. The van der Waals surface area contributed by atoms with Crippen molar-refractivity contribution in [3.8, 4) is 11.5 Å². The van der Waals surface area contributed by atoms with Crippen molar-refractivity contribution in [3.63, 3.8) is 0 Å². The zero-order valence-electron chi connectivity index (χ0n) is 19.7. The summed E-state index contributed by atoms with van der Waals surface area (Å²) in [6, 6.07) is 15.9. The molecule has 0 radical (unpaired) electrons. The van der Waals surface area contributed by atoms with Gasteiger partial charge in [0.2, 0.25) is 0 Å². The van der Waals surface area contributed by atoms with Gasteiger partial charge in [-0.1, -0.05) is 30.7 Å². The van der Waals surface area contributed by atoms with Crippen LogP contribution in [-0.4, -0.2) is 34.0 Å². The van der Waals surface area contributed by atoms with E-state index < -0.39 is 0 Å². The van der Waals surface area contributed by atoms with Gasteiger partial charge in [0.15, 0.2) is 0 Å². The van der Waals surface area contributed by atoms with Crippen LogP contribution < -0.4 is 10.1 Å². The Morgan fingerprint density at radius 3 is 2.68 bits per heavy atom. The third kappa shape index (κ3) is 5.45. The molecule has 3 aromatic rings. The van der Waals surface area contributed by atoms with Crippen LogP contribution in [0.2, 0.25) is 0 Å². The number of urea groups is 1. The van der Waals surface area contributed by atoms with Crippen LogP contribution in [0.15, 0.2) is 66.5 Å². The molecule has 1 N–H and O–H groups in total. The van der Waals surface area contributed by atoms with Gasteiger partial charge >= 0.3 is 6.03 Å². The number of nitrogens with one attached hydrogen (secondary N) is 1. The van der Waals surface area contributed by atoms with Gasteiger partial charge in [-0.15, -0.1) is 0 Å². The van der Waals surface area contributed by atoms with E-state index in [1.165, 1.54) is 18.4 Å². The average molecular weight is 455 g/mol. The van der Waals surface area contributed by atoms with Gasteiger partial charge in [-0.2, -0.15) is 0 Å². The summed E-state index contributed by atoms with van der Waals surface area (Å²) in [5.74, 6) is 2.47. The Hall–Kier alpha value is -3.67. The molecule has 1 aliphatic carbocycles. The van der Waals surface area contributed by atoms with E-state index in [0.717, 1.165) is 40.6 Å². The lowest BCUT2D eigenvalue weighted by Crippen LogP contribution is -2.42. The Morgan fingerprint density at radius 2 is 1.97 bits per heavy atom. The van der Waals surface area contributed by atoms with Gasteiger partial charge in [0.25, 0.3) is 0 Å². The van der Waals surface area contributed by atoms with Gasteiger partial charge in [-0.25, -0.2) is 4.79 Å². The van der Waals surface area contributed by atoms with Crippen molar-refractivity contribution in [1.29, 1.82) is 0 Å². The molecule has 1 atom stereocenters. The molecule has 1 saturated heterocycles. The SMILES string of the molecule is Cc1ccc(NC(=O)N2CCC(=Cc3cccc(Oc4ccc(C5CC5)nc4)c3)C(C)C2)cn1. The number of aryl methyl sites for hydroxylation is 1. The van der Waals surface area contributed by atoms with Gasteiger partial charge in [-0.05, 0) is 74.1 Å². The number of rotatable bonds is 5. The first kappa shape index (κ1) is 22.1. The molecule has 2 aromatic heterocycles. The van der Waals surface area contributed by atoms with Crippen LogP contribution in [0.5, 0.6) is 11.5 Å². The number of hydrogen-bond donors (Lipinski definition) is 1. The molecule has 1 unspecified atom stereocenters. The number of nitrogens with zero attached hydrogens (tertiary/aromatic N) is 3. The molecule has 1 aliphatic heterocycles. The minimum absolute atomic E-state index is 0.0757. The molecular formula is C28H30N4O2. The fourth-order valence-corrected chi connectivity index (χ4v) is 4.28. The molecule has 1 aromatic carbocycles. The first-order valence-electron chi connectivity index (χ1n) is 12.0. The van der Waals surface area contributed by atoms with E-state index in [1.807, 2.05) is 48.4 Å². The predicted molar refractivity (Wildman–Crippen MR) is 134 cm³/mol. The third-order valence-electron chi connectivity index (χ3n) is 6.45. The molecule has 0 bridgehead atoms. The maximum absolute atomic E-state index is 12.7. The summed E-state index contributed by atoms with van der Waals surface area (Å²) in [7, 11) is 0. The normalized spacial score (nSPS) is 19.2. The van der Waals surface area contributed by atoms with Crippen molar-refractivity contribution in [2.75, 3.05) is 18.4 Å². The molecule has 6 nitrogen and oxygen atoms in total. The molecule has 3 heterocycles. The van der Waals surface area contributed by atoms with E-state index in [2.05, 4.69) is 46.5 Å². The summed E-state index contributed by atoms with van der Waals surface area (Å²) < 4.78 is 6.04. The van der Waals surface area contributed by atoms with Crippen LogP contribution >= 0.6 is 0 Å². The highest BCUT2D eigenvalue weighted by Crippen LogP contribution is 2.39. The van der Waals surface area contributed by atoms with Crippen molar-refractivity contribution in [2.45, 2.75) is 39.0 Å². The Balaban J connectivity index is 1.20. The number of aromatic nitrogens is 2. The number of ether oxygens (including phenoxy) is 1. The minimum atomic E-state index is -0.0757. The minimum Gasteiger partial charge on any atom is -0.456 e. The maximum atomic E-state index is 12.7. The molecule has 34 heavy (non-hydrogen) atoms. The number of hydrogen-bond acceptors (Lipinski definition) is 4. The second kappa shape index (κ2) is 9.67. The Labute approximate surface area is 200 Å². The highest BCUT2D eigenvalue weighted by molar-refractivity contribution is 5.89. The van der Waals surface area contributed by atoms with E-state index in [4.69, 9.17) is 4.74 Å². The predicted octanol–water partition coefficient (Wildman–Crippen LogP) is 6.41. The maximum Gasteiger partial charge on any atom is 0.321 e. The van der Waals surface area contributed by atoms with Crippen LogP contribution in [0, 0.1) is 12.8 Å². The lowest BCUT2D eigenvalue weighted by atomic mass is 9.91. The molecule has 174 valence electrons.